The first-order valence-electron chi connectivity index (χ1n) is 7.50. The van der Waals surface area contributed by atoms with Gasteiger partial charge in [0, 0.05) is 6.07 Å². The van der Waals surface area contributed by atoms with Crippen LogP contribution in [-0.2, 0) is 10.9 Å². The maximum atomic E-state index is 13.0. The molecule has 0 aliphatic carbocycles. The lowest BCUT2D eigenvalue weighted by molar-refractivity contribution is -0.138. The molecule has 0 spiro atoms. The van der Waals surface area contributed by atoms with Crippen LogP contribution in [0, 0.1) is 0 Å². The van der Waals surface area contributed by atoms with Gasteiger partial charge in [0.15, 0.2) is 5.65 Å². The molecule has 2 heterocycles. The molecule has 0 fully saturated rings. The Bertz CT molecular complexity index is 940. The summed E-state index contributed by atoms with van der Waals surface area (Å²) in [5, 5.41) is 2.37. The maximum Gasteiger partial charge on any atom is 0.419 e. The number of carbonyl (C=O) groups excluding carboxylic acids is 1. The van der Waals surface area contributed by atoms with Crippen LogP contribution >= 0.6 is 0 Å². The van der Waals surface area contributed by atoms with Gasteiger partial charge in [0.25, 0.3) is 0 Å². The van der Waals surface area contributed by atoms with Crippen molar-refractivity contribution in [1.82, 2.24) is 15.0 Å². The summed E-state index contributed by atoms with van der Waals surface area (Å²) in [5.74, 6) is -0.162. The van der Waals surface area contributed by atoms with Gasteiger partial charge in [-0.1, -0.05) is 12.1 Å². The molecule has 0 saturated carbocycles. The number of nitrogens with zero attached hydrogens (tertiary/aromatic N) is 2. The van der Waals surface area contributed by atoms with Crippen molar-refractivity contribution >= 4 is 23.2 Å². The number of amides is 1. The molecule has 1 amide bonds. The summed E-state index contributed by atoms with van der Waals surface area (Å²) in [5.41, 5.74) is -0.263. The Morgan fingerprint density at radius 1 is 1.31 bits per heavy atom. The van der Waals surface area contributed by atoms with Crippen LogP contribution in [0.4, 0.5) is 23.9 Å². The molecule has 1 aromatic carbocycles. The third-order valence-corrected chi connectivity index (χ3v) is 3.23. The quantitative estimate of drug-likeness (QED) is 0.717. The minimum atomic E-state index is -4.54. The van der Waals surface area contributed by atoms with Gasteiger partial charge in [0.05, 0.1) is 23.9 Å². The summed E-state index contributed by atoms with van der Waals surface area (Å²) >= 11 is 0. The summed E-state index contributed by atoms with van der Waals surface area (Å²) in [6, 6.07) is 6.29. The number of fused-ring (bicyclic) bond motifs is 1. The van der Waals surface area contributed by atoms with Crippen LogP contribution in [0.5, 0.6) is 11.5 Å². The number of imidazole rings is 1. The molecular formula is C16H13F3N4O3. The van der Waals surface area contributed by atoms with E-state index in [0.29, 0.717) is 5.52 Å². The molecule has 7 nitrogen and oxygen atoms in total. The Hall–Kier alpha value is -3.30. The Labute approximate surface area is 145 Å². The van der Waals surface area contributed by atoms with Crippen LogP contribution in [0.25, 0.3) is 11.2 Å². The molecule has 136 valence electrons. The monoisotopic (exact) mass is 366 g/mol. The number of aromatic nitrogens is 3. The summed E-state index contributed by atoms with van der Waals surface area (Å²) in [4.78, 5) is 22.2. The van der Waals surface area contributed by atoms with Gasteiger partial charge in [-0.25, -0.2) is 9.78 Å². The molecule has 3 aromatic rings. The predicted octanol–water partition coefficient (Wildman–Crippen LogP) is 4.34. The number of H-pyrrole nitrogens is 1. The molecule has 2 N–H and O–H groups in total. The molecule has 26 heavy (non-hydrogen) atoms. The molecule has 0 radical (unpaired) electrons. The maximum absolute atomic E-state index is 13.0. The number of pyridine rings is 1. The van der Waals surface area contributed by atoms with Crippen molar-refractivity contribution < 1.29 is 27.4 Å². The Morgan fingerprint density at radius 3 is 2.81 bits per heavy atom. The van der Waals surface area contributed by atoms with Gasteiger partial charge >= 0.3 is 12.3 Å². The number of anilines is 1. The van der Waals surface area contributed by atoms with Gasteiger partial charge in [-0.15, -0.1) is 0 Å². The Kier molecular flexibility index (Phi) is 4.65. The zero-order chi connectivity index (χ0) is 18.7. The van der Waals surface area contributed by atoms with Crippen LogP contribution in [-0.4, -0.2) is 27.7 Å². The van der Waals surface area contributed by atoms with Crippen molar-refractivity contribution in [1.29, 1.82) is 0 Å². The zero-order valence-corrected chi connectivity index (χ0v) is 13.4. The van der Waals surface area contributed by atoms with E-state index in [2.05, 4.69) is 20.3 Å². The van der Waals surface area contributed by atoms with E-state index in [-0.39, 0.29) is 29.7 Å². The third kappa shape index (κ3) is 3.85. The highest BCUT2D eigenvalue weighted by atomic mass is 19.4. The number of alkyl halides is 3. The first kappa shape index (κ1) is 17.5. The van der Waals surface area contributed by atoms with E-state index in [1.807, 2.05) is 0 Å². The first-order valence-corrected chi connectivity index (χ1v) is 7.50. The number of benzene rings is 1. The van der Waals surface area contributed by atoms with Gasteiger partial charge in [-0.3, -0.25) is 5.32 Å². The summed E-state index contributed by atoms with van der Waals surface area (Å²) < 4.78 is 49.1. The second-order valence-electron chi connectivity index (χ2n) is 5.07. The Morgan fingerprint density at radius 2 is 2.08 bits per heavy atom. The lowest BCUT2D eigenvalue weighted by Gasteiger charge is -2.13. The van der Waals surface area contributed by atoms with E-state index >= 15 is 0 Å². The minimum absolute atomic E-state index is 0.0838. The van der Waals surface area contributed by atoms with Crippen molar-refractivity contribution in [3.8, 4) is 11.5 Å². The largest absolute Gasteiger partial charge is 0.455 e. The number of aromatic amines is 1. The molecule has 3 rings (SSSR count). The third-order valence-electron chi connectivity index (χ3n) is 3.23. The summed E-state index contributed by atoms with van der Waals surface area (Å²) in [6.45, 7) is 1.85. The number of rotatable bonds is 4. The average Bonchev–Trinajstić information content (AvgIpc) is 2.96. The second kappa shape index (κ2) is 6.90. The molecule has 0 atom stereocenters. The van der Waals surface area contributed by atoms with Crippen LogP contribution in [0.2, 0.25) is 0 Å². The van der Waals surface area contributed by atoms with E-state index in [1.165, 1.54) is 30.5 Å². The van der Waals surface area contributed by atoms with Crippen molar-refractivity contribution in [2.24, 2.45) is 0 Å². The molecule has 0 bridgehead atoms. The second-order valence-corrected chi connectivity index (χ2v) is 5.07. The van der Waals surface area contributed by atoms with Crippen molar-refractivity contribution in [2.45, 2.75) is 13.1 Å². The van der Waals surface area contributed by atoms with Gasteiger partial charge < -0.3 is 14.5 Å². The smallest absolute Gasteiger partial charge is 0.419 e. The van der Waals surface area contributed by atoms with Crippen LogP contribution in [0.15, 0.2) is 36.5 Å². The summed E-state index contributed by atoms with van der Waals surface area (Å²) in [7, 11) is 0. The molecular weight excluding hydrogens is 353 g/mol. The van der Waals surface area contributed by atoms with Crippen molar-refractivity contribution in [2.75, 3.05) is 11.9 Å². The van der Waals surface area contributed by atoms with E-state index in [1.54, 1.807) is 6.92 Å². The molecule has 0 aliphatic heterocycles. The Balaban J connectivity index is 1.85. The molecule has 2 aromatic heterocycles. The van der Waals surface area contributed by atoms with Crippen LogP contribution in [0.1, 0.15) is 12.5 Å². The van der Waals surface area contributed by atoms with Crippen molar-refractivity contribution in [3.63, 3.8) is 0 Å². The predicted molar refractivity (Wildman–Crippen MR) is 86.1 cm³/mol. The normalized spacial score (nSPS) is 11.4. The minimum Gasteiger partial charge on any atom is -0.455 e. The number of para-hydroxylation sites is 1. The van der Waals surface area contributed by atoms with E-state index in [4.69, 9.17) is 9.47 Å². The van der Waals surface area contributed by atoms with Crippen molar-refractivity contribution in [3.05, 3.63) is 42.1 Å². The van der Waals surface area contributed by atoms with Gasteiger partial charge in [-0.2, -0.15) is 18.2 Å². The average molecular weight is 366 g/mol. The van der Waals surface area contributed by atoms with Gasteiger partial charge in [-0.05, 0) is 19.1 Å². The van der Waals surface area contributed by atoms with E-state index in [0.717, 1.165) is 6.07 Å². The number of nitrogens with one attached hydrogen (secondary N) is 2. The van der Waals surface area contributed by atoms with Crippen LogP contribution < -0.4 is 10.1 Å². The van der Waals surface area contributed by atoms with E-state index in [9.17, 15) is 18.0 Å². The number of halogens is 3. The lowest BCUT2D eigenvalue weighted by atomic mass is 10.2. The molecule has 0 unspecified atom stereocenters. The SMILES string of the molecule is CCOC(=O)Nc1nc2ncc(Oc3ccccc3C(F)(F)F)cc2[nH]1. The number of ether oxygens (including phenoxy) is 2. The highest BCUT2D eigenvalue weighted by Crippen LogP contribution is 2.38. The highest BCUT2D eigenvalue weighted by molar-refractivity contribution is 5.85. The van der Waals surface area contributed by atoms with Crippen LogP contribution in [0.3, 0.4) is 0 Å². The molecule has 10 heteroatoms. The first-order chi connectivity index (χ1) is 12.4. The van der Waals surface area contributed by atoms with Gasteiger partial charge in [0.1, 0.15) is 11.5 Å². The lowest BCUT2D eigenvalue weighted by Crippen LogP contribution is -2.14. The molecule has 0 saturated heterocycles. The fourth-order valence-corrected chi connectivity index (χ4v) is 2.18. The summed E-state index contributed by atoms with van der Waals surface area (Å²) in [6.07, 6.45) is -3.99. The highest BCUT2D eigenvalue weighted by Gasteiger charge is 2.34. The van der Waals surface area contributed by atoms with E-state index < -0.39 is 17.8 Å². The zero-order valence-electron chi connectivity index (χ0n) is 13.4. The van der Waals surface area contributed by atoms with Gasteiger partial charge in [0.2, 0.25) is 5.95 Å². The fourth-order valence-electron chi connectivity index (χ4n) is 2.18. The topological polar surface area (TPSA) is 89.1 Å². The standard InChI is InChI=1S/C16H13F3N4O3/c1-2-25-15(24)23-14-21-11-7-9(8-20-13(11)22-14)26-12-6-4-3-5-10(12)16(17,18)19/h3-8H,2H2,1H3,(H2,20,21,22,23,24). The number of hydrogen-bond acceptors (Lipinski definition) is 5. The molecule has 0 aliphatic rings. The number of carbonyl (C=O) groups is 1. The number of hydrogen-bond donors (Lipinski definition) is 2. The fraction of sp³-hybridized carbons (Fsp3) is 0.188.